The molecule has 0 aliphatic rings. The molecule has 10 nitrogen and oxygen atoms in total. The highest BCUT2D eigenvalue weighted by Gasteiger charge is 2.26. The Bertz CT molecular complexity index is 995. The number of nitrogens with two attached hydrogens (primary N) is 1. The number of primary amides is 1. The summed E-state index contributed by atoms with van der Waals surface area (Å²) in [5.41, 5.74) is 5.67. The van der Waals surface area contributed by atoms with E-state index in [1.54, 1.807) is 12.1 Å². The molecule has 0 saturated carbocycles. The quantitative estimate of drug-likeness (QED) is 0.452. The molecular formula is C21H22ClN3O7. The monoisotopic (exact) mass is 463 g/mol. The minimum absolute atomic E-state index is 0.208. The van der Waals surface area contributed by atoms with Gasteiger partial charge in [0.15, 0.2) is 6.61 Å². The Morgan fingerprint density at radius 3 is 2.31 bits per heavy atom. The van der Waals surface area contributed by atoms with Crippen LogP contribution < -0.4 is 25.8 Å². The molecular weight excluding hydrogens is 442 g/mol. The number of esters is 1. The predicted octanol–water partition coefficient (Wildman–Crippen LogP) is 1.51. The summed E-state index contributed by atoms with van der Waals surface area (Å²) in [6.45, 7) is -0.675. The Kier molecular flexibility index (Phi) is 8.84. The highest BCUT2D eigenvalue weighted by atomic mass is 35.5. The number of methoxy groups -OCH3 is 2. The number of benzene rings is 2. The van der Waals surface area contributed by atoms with Gasteiger partial charge in [-0.3, -0.25) is 14.4 Å². The number of ether oxygens (including phenoxy) is 3. The summed E-state index contributed by atoms with van der Waals surface area (Å²) in [5.74, 6) is -2.31. The third-order valence-electron chi connectivity index (χ3n) is 4.13. The maximum atomic E-state index is 12.4. The number of hydrogen-bond acceptors (Lipinski definition) is 7. The molecule has 2 aromatic rings. The average molecular weight is 464 g/mol. The molecule has 11 heteroatoms. The number of carbonyl (C=O) groups excluding carboxylic acids is 4. The van der Waals surface area contributed by atoms with Crippen LogP contribution in [-0.2, 0) is 19.1 Å². The van der Waals surface area contributed by atoms with Gasteiger partial charge in [0.1, 0.15) is 17.5 Å². The van der Waals surface area contributed by atoms with E-state index in [0.29, 0.717) is 22.2 Å². The summed E-state index contributed by atoms with van der Waals surface area (Å²) in [5, 5.41) is 5.32. The van der Waals surface area contributed by atoms with Gasteiger partial charge in [0.05, 0.1) is 26.3 Å². The number of nitrogens with one attached hydrogen (secondary N) is 2. The number of anilines is 1. The van der Waals surface area contributed by atoms with Crippen LogP contribution in [-0.4, -0.2) is 50.6 Å². The summed E-state index contributed by atoms with van der Waals surface area (Å²) < 4.78 is 15.2. The lowest BCUT2D eigenvalue weighted by Gasteiger charge is -2.17. The van der Waals surface area contributed by atoms with E-state index >= 15 is 0 Å². The van der Waals surface area contributed by atoms with Gasteiger partial charge < -0.3 is 30.6 Å². The molecule has 1 unspecified atom stereocenters. The first kappa shape index (κ1) is 24.5. The fraction of sp³-hybridized carbons (Fsp3) is 0.238. The molecule has 0 aliphatic heterocycles. The van der Waals surface area contributed by atoms with Crippen molar-refractivity contribution < 1.29 is 33.4 Å². The van der Waals surface area contributed by atoms with E-state index in [4.69, 9.17) is 31.5 Å². The molecule has 0 radical (unpaired) electrons. The first-order chi connectivity index (χ1) is 15.2. The van der Waals surface area contributed by atoms with Crippen molar-refractivity contribution in [2.45, 2.75) is 12.5 Å². The molecule has 0 fully saturated rings. The van der Waals surface area contributed by atoms with E-state index in [1.165, 1.54) is 44.6 Å². The van der Waals surface area contributed by atoms with Crippen LogP contribution in [0, 0.1) is 0 Å². The van der Waals surface area contributed by atoms with Crippen LogP contribution >= 0.6 is 11.6 Å². The second-order valence-electron chi connectivity index (χ2n) is 6.43. The Labute approximate surface area is 189 Å². The standard InChI is InChI=1S/C21H22ClN3O7/c1-30-14-7-8-17(31-2)15(9-14)24-19(27)11-32-21(29)16(10-18(23)26)25-20(28)12-3-5-13(22)6-4-12/h3-9,16H,10-11H2,1-2H3,(H2,23,26)(H,24,27)(H,25,28). The molecule has 0 saturated heterocycles. The molecule has 0 aromatic heterocycles. The van der Waals surface area contributed by atoms with Crippen molar-refractivity contribution >= 4 is 41.0 Å². The van der Waals surface area contributed by atoms with E-state index in [1.807, 2.05) is 0 Å². The van der Waals surface area contributed by atoms with Gasteiger partial charge in [0.25, 0.3) is 11.8 Å². The van der Waals surface area contributed by atoms with Gasteiger partial charge in [0, 0.05) is 16.7 Å². The number of halogens is 1. The lowest BCUT2D eigenvalue weighted by atomic mass is 10.1. The molecule has 0 spiro atoms. The molecule has 0 bridgehead atoms. The number of carbonyl (C=O) groups is 4. The minimum atomic E-state index is -1.38. The summed E-state index contributed by atoms with van der Waals surface area (Å²) in [6.07, 6.45) is -0.510. The zero-order valence-electron chi connectivity index (χ0n) is 17.3. The van der Waals surface area contributed by atoms with Crippen molar-refractivity contribution in [3.8, 4) is 11.5 Å². The van der Waals surface area contributed by atoms with Crippen molar-refractivity contribution in [1.29, 1.82) is 0 Å². The van der Waals surface area contributed by atoms with Gasteiger partial charge >= 0.3 is 5.97 Å². The highest BCUT2D eigenvalue weighted by molar-refractivity contribution is 6.30. The summed E-state index contributed by atoms with van der Waals surface area (Å²) in [4.78, 5) is 48.3. The van der Waals surface area contributed by atoms with Crippen molar-refractivity contribution in [3.05, 3.63) is 53.1 Å². The van der Waals surface area contributed by atoms with Crippen LogP contribution in [0.4, 0.5) is 5.69 Å². The first-order valence-electron chi connectivity index (χ1n) is 9.26. The normalized spacial score (nSPS) is 11.1. The topological polar surface area (TPSA) is 146 Å². The Morgan fingerprint density at radius 1 is 1.03 bits per heavy atom. The maximum absolute atomic E-state index is 12.4. The number of rotatable bonds is 10. The van der Waals surface area contributed by atoms with Crippen molar-refractivity contribution in [2.75, 3.05) is 26.1 Å². The summed E-state index contributed by atoms with van der Waals surface area (Å²) >= 11 is 5.79. The second-order valence-corrected chi connectivity index (χ2v) is 6.86. The summed E-state index contributed by atoms with van der Waals surface area (Å²) in [7, 11) is 2.89. The maximum Gasteiger partial charge on any atom is 0.329 e. The molecule has 32 heavy (non-hydrogen) atoms. The summed E-state index contributed by atoms with van der Waals surface area (Å²) in [6, 6.07) is 9.26. The van der Waals surface area contributed by atoms with Gasteiger partial charge in [-0.1, -0.05) is 11.6 Å². The van der Waals surface area contributed by atoms with Crippen molar-refractivity contribution in [2.24, 2.45) is 5.73 Å². The fourth-order valence-electron chi connectivity index (χ4n) is 2.57. The smallest absolute Gasteiger partial charge is 0.329 e. The molecule has 2 aromatic carbocycles. The lowest BCUT2D eigenvalue weighted by molar-refractivity contribution is -0.150. The van der Waals surface area contributed by atoms with E-state index < -0.39 is 42.8 Å². The third kappa shape index (κ3) is 7.17. The largest absolute Gasteiger partial charge is 0.497 e. The van der Waals surface area contributed by atoms with Crippen LogP contribution in [0.1, 0.15) is 16.8 Å². The van der Waals surface area contributed by atoms with Gasteiger partial charge in [0.2, 0.25) is 5.91 Å². The molecule has 2 rings (SSSR count). The third-order valence-corrected chi connectivity index (χ3v) is 4.38. The van der Waals surface area contributed by atoms with Crippen LogP contribution in [0.3, 0.4) is 0 Å². The van der Waals surface area contributed by atoms with Gasteiger partial charge in [-0.05, 0) is 36.4 Å². The first-order valence-corrected chi connectivity index (χ1v) is 9.64. The van der Waals surface area contributed by atoms with Crippen molar-refractivity contribution in [1.82, 2.24) is 5.32 Å². The molecule has 0 heterocycles. The van der Waals surface area contributed by atoms with Gasteiger partial charge in [-0.25, -0.2) is 4.79 Å². The lowest BCUT2D eigenvalue weighted by Crippen LogP contribution is -2.44. The fourth-order valence-corrected chi connectivity index (χ4v) is 2.70. The van der Waals surface area contributed by atoms with E-state index in [-0.39, 0.29) is 5.56 Å². The Hall–Kier alpha value is -3.79. The Balaban J connectivity index is 2.00. The number of amides is 3. The van der Waals surface area contributed by atoms with Crippen LogP contribution in [0.25, 0.3) is 0 Å². The van der Waals surface area contributed by atoms with E-state index in [9.17, 15) is 19.2 Å². The highest BCUT2D eigenvalue weighted by Crippen LogP contribution is 2.28. The number of hydrogen-bond donors (Lipinski definition) is 3. The van der Waals surface area contributed by atoms with Crippen LogP contribution in [0.15, 0.2) is 42.5 Å². The zero-order chi connectivity index (χ0) is 23.7. The van der Waals surface area contributed by atoms with E-state index in [2.05, 4.69) is 10.6 Å². The molecule has 170 valence electrons. The predicted molar refractivity (Wildman–Crippen MR) is 116 cm³/mol. The molecule has 0 aliphatic carbocycles. The molecule has 4 N–H and O–H groups in total. The molecule has 1 atom stereocenters. The molecule has 3 amide bonds. The van der Waals surface area contributed by atoms with Crippen LogP contribution in [0.5, 0.6) is 11.5 Å². The SMILES string of the molecule is COc1ccc(OC)c(NC(=O)COC(=O)C(CC(N)=O)NC(=O)c2ccc(Cl)cc2)c1. The van der Waals surface area contributed by atoms with Crippen molar-refractivity contribution in [3.63, 3.8) is 0 Å². The van der Waals surface area contributed by atoms with Gasteiger partial charge in [-0.15, -0.1) is 0 Å². The zero-order valence-corrected chi connectivity index (χ0v) is 18.1. The second kappa shape index (κ2) is 11.6. The minimum Gasteiger partial charge on any atom is -0.497 e. The average Bonchev–Trinajstić information content (AvgIpc) is 2.77. The Morgan fingerprint density at radius 2 is 1.72 bits per heavy atom. The van der Waals surface area contributed by atoms with E-state index in [0.717, 1.165) is 0 Å². The van der Waals surface area contributed by atoms with Crippen LogP contribution in [0.2, 0.25) is 5.02 Å². The van der Waals surface area contributed by atoms with Gasteiger partial charge in [-0.2, -0.15) is 0 Å².